The Bertz CT molecular complexity index is 634. The Labute approximate surface area is 158 Å². The van der Waals surface area contributed by atoms with E-state index in [0.29, 0.717) is 14.9 Å². The second-order valence-corrected chi connectivity index (χ2v) is 8.42. The van der Waals surface area contributed by atoms with Gasteiger partial charge in [0.25, 0.3) is 0 Å². The van der Waals surface area contributed by atoms with Crippen molar-refractivity contribution in [3.8, 4) is 0 Å². The van der Waals surface area contributed by atoms with Gasteiger partial charge in [0.05, 0.1) is 30.0 Å². The molecular formula is C12H4BrCl5S2. The lowest BCUT2D eigenvalue weighted by Crippen LogP contribution is -1.83. The van der Waals surface area contributed by atoms with Gasteiger partial charge in [-0.3, -0.25) is 0 Å². The van der Waals surface area contributed by atoms with Crippen molar-refractivity contribution in [2.75, 3.05) is 0 Å². The topological polar surface area (TPSA) is 0 Å². The molecule has 2 rings (SSSR count). The molecule has 0 spiro atoms. The number of benzene rings is 2. The zero-order valence-corrected chi connectivity index (χ0v) is 16.4. The number of rotatable bonds is 3. The molecule has 0 saturated carbocycles. The summed E-state index contributed by atoms with van der Waals surface area (Å²) in [5.74, 6) is 0. The van der Waals surface area contributed by atoms with Gasteiger partial charge in [-0.1, -0.05) is 80.9 Å². The lowest BCUT2D eigenvalue weighted by atomic mass is 10.3. The fraction of sp³-hybridized carbons (Fsp3) is 0. The first-order valence-corrected chi connectivity index (χ1v) is 9.87. The predicted octanol–water partition coefficient (Wildman–Crippen LogP) is 8.52. The molecule has 0 radical (unpaired) electrons. The van der Waals surface area contributed by atoms with E-state index in [0.717, 1.165) is 9.37 Å². The van der Waals surface area contributed by atoms with Crippen LogP contribution in [0.25, 0.3) is 0 Å². The van der Waals surface area contributed by atoms with Crippen molar-refractivity contribution in [1.82, 2.24) is 0 Å². The Morgan fingerprint density at radius 3 is 1.75 bits per heavy atom. The highest BCUT2D eigenvalue weighted by Gasteiger charge is 2.20. The summed E-state index contributed by atoms with van der Waals surface area (Å²) in [6, 6.07) is 7.81. The molecule has 106 valence electrons. The van der Waals surface area contributed by atoms with Gasteiger partial charge in [-0.2, -0.15) is 0 Å². The van der Waals surface area contributed by atoms with Gasteiger partial charge in [-0.15, -0.1) is 0 Å². The number of hydrogen-bond donors (Lipinski definition) is 0. The Kier molecular flexibility index (Phi) is 6.59. The van der Waals surface area contributed by atoms with Crippen LogP contribution in [-0.2, 0) is 0 Å². The van der Waals surface area contributed by atoms with Crippen LogP contribution in [-0.4, -0.2) is 0 Å². The summed E-state index contributed by atoms with van der Waals surface area (Å²) in [5, 5.41) is 1.18. The molecule has 0 N–H and O–H groups in total. The SMILES string of the molecule is Clc1c(Cl)c(Cl)c(SSc2ccccc2Br)c(Cl)c1Cl. The van der Waals surface area contributed by atoms with Gasteiger partial charge in [0.1, 0.15) is 0 Å². The third-order valence-corrected chi connectivity index (χ3v) is 8.16. The highest BCUT2D eigenvalue weighted by Crippen LogP contribution is 2.52. The van der Waals surface area contributed by atoms with Crippen molar-refractivity contribution in [3.63, 3.8) is 0 Å². The van der Waals surface area contributed by atoms with Gasteiger partial charge in [-0.25, -0.2) is 0 Å². The van der Waals surface area contributed by atoms with Gasteiger partial charge in [0.2, 0.25) is 0 Å². The van der Waals surface area contributed by atoms with Crippen LogP contribution in [0.3, 0.4) is 0 Å². The minimum atomic E-state index is 0.165. The third-order valence-electron chi connectivity index (χ3n) is 2.22. The molecule has 2 aromatic carbocycles. The van der Waals surface area contributed by atoms with E-state index in [1.54, 1.807) is 0 Å². The molecule has 8 heteroatoms. The number of hydrogen-bond acceptors (Lipinski definition) is 2. The standard InChI is InChI=1S/C12H4BrCl5S2/c13-5-3-1-2-4-6(5)19-20-12-10(17)8(15)7(14)9(16)11(12)18/h1-4H. The smallest absolute Gasteiger partial charge is 0.0809 e. The molecule has 0 atom stereocenters. The molecule has 0 unspecified atom stereocenters. The summed E-state index contributed by atoms with van der Waals surface area (Å²) >= 11 is 33.8. The maximum Gasteiger partial charge on any atom is 0.0809 e. The van der Waals surface area contributed by atoms with E-state index >= 15 is 0 Å². The van der Waals surface area contributed by atoms with Crippen molar-refractivity contribution in [3.05, 3.63) is 53.9 Å². The molecule has 0 aliphatic rings. The fourth-order valence-electron chi connectivity index (χ4n) is 1.26. The molecule has 0 fully saturated rings. The Hall–Kier alpha value is 1.07. The van der Waals surface area contributed by atoms with E-state index in [4.69, 9.17) is 58.0 Å². The summed E-state index contributed by atoms with van der Waals surface area (Å²) < 4.78 is 0.982. The highest BCUT2D eigenvalue weighted by atomic mass is 79.9. The first-order chi connectivity index (χ1) is 9.43. The minimum Gasteiger partial charge on any atom is -0.0813 e. The Morgan fingerprint density at radius 1 is 0.700 bits per heavy atom. The second-order valence-electron chi connectivity index (χ2n) is 3.50. The quantitative estimate of drug-likeness (QED) is 0.251. The first-order valence-electron chi connectivity index (χ1n) is 5.04. The Morgan fingerprint density at radius 2 is 1.20 bits per heavy atom. The van der Waals surface area contributed by atoms with Crippen molar-refractivity contribution in [2.24, 2.45) is 0 Å². The second kappa shape index (κ2) is 7.56. The lowest BCUT2D eigenvalue weighted by Gasteiger charge is -2.11. The molecule has 0 bridgehead atoms. The monoisotopic (exact) mass is 466 g/mol. The summed E-state index contributed by atoms with van der Waals surface area (Å²) in [7, 11) is 2.87. The lowest BCUT2D eigenvalue weighted by molar-refractivity contribution is 1.42. The van der Waals surface area contributed by atoms with Gasteiger partial charge < -0.3 is 0 Å². The Balaban J connectivity index is 2.33. The van der Waals surface area contributed by atoms with E-state index in [-0.39, 0.29) is 15.1 Å². The fourth-order valence-corrected chi connectivity index (χ4v) is 6.12. The molecule has 20 heavy (non-hydrogen) atoms. The molecular weight excluding hydrogens is 465 g/mol. The average Bonchev–Trinajstić information content (AvgIpc) is 2.45. The predicted molar refractivity (Wildman–Crippen MR) is 97.3 cm³/mol. The van der Waals surface area contributed by atoms with Crippen LogP contribution in [0.4, 0.5) is 0 Å². The maximum absolute atomic E-state index is 6.18. The first kappa shape index (κ1) is 17.4. The molecule has 0 nitrogen and oxygen atoms in total. The largest absolute Gasteiger partial charge is 0.0813 e. The third kappa shape index (κ3) is 3.69. The molecule has 2 aromatic rings. The van der Waals surface area contributed by atoms with Crippen LogP contribution in [0, 0.1) is 0 Å². The van der Waals surface area contributed by atoms with Crippen LogP contribution in [0.15, 0.2) is 38.5 Å². The van der Waals surface area contributed by atoms with Gasteiger partial charge in [0, 0.05) is 9.37 Å². The average molecular weight is 469 g/mol. The van der Waals surface area contributed by atoms with E-state index < -0.39 is 0 Å². The van der Waals surface area contributed by atoms with Crippen molar-refractivity contribution < 1.29 is 0 Å². The van der Waals surface area contributed by atoms with Crippen LogP contribution >= 0.6 is 95.5 Å². The molecule has 0 aliphatic heterocycles. The normalized spacial score (nSPS) is 10.9. The molecule has 0 aliphatic carbocycles. The van der Waals surface area contributed by atoms with Crippen molar-refractivity contribution in [2.45, 2.75) is 9.79 Å². The molecule has 0 amide bonds. The van der Waals surface area contributed by atoms with Crippen LogP contribution in [0.5, 0.6) is 0 Å². The van der Waals surface area contributed by atoms with E-state index in [9.17, 15) is 0 Å². The van der Waals surface area contributed by atoms with Gasteiger partial charge in [0.15, 0.2) is 0 Å². The molecule has 0 aromatic heterocycles. The number of halogens is 6. The van der Waals surface area contributed by atoms with E-state index in [1.807, 2.05) is 24.3 Å². The molecule has 0 saturated heterocycles. The van der Waals surface area contributed by atoms with Crippen molar-refractivity contribution >= 4 is 95.5 Å². The van der Waals surface area contributed by atoms with E-state index in [1.165, 1.54) is 21.6 Å². The molecule has 0 heterocycles. The van der Waals surface area contributed by atoms with Crippen LogP contribution in [0.2, 0.25) is 25.1 Å². The maximum atomic E-state index is 6.18. The zero-order chi connectivity index (χ0) is 14.9. The summed E-state index contributed by atoms with van der Waals surface area (Å²) in [6.45, 7) is 0. The van der Waals surface area contributed by atoms with E-state index in [2.05, 4.69) is 15.9 Å². The highest BCUT2D eigenvalue weighted by molar-refractivity contribution is 9.10. The zero-order valence-electron chi connectivity index (χ0n) is 9.39. The minimum absolute atomic E-state index is 0.165. The van der Waals surface area contributed by atoms with Crippen molar-refractivity contribution in [1.29, 1.82) is 0 Å². The summed E-state index contributed by atoms with van der Waals surface area (Å²) in [4.78, 5) is 1.63. The van der Waals surface area contributed by atoms with Gasteiger partial charge >= 0.3 is 0 Å². The summed E-state index contributed by atoms with van der Waals surface area (Å²) in [6.07, 6.45) is 0. The van der Waals surface area contributed by atoms with Crippen LogP contribution in [0.1, 0.15) is 0 Å². The van der Waals surface area contributed by atoms with Crippen LogP contribution < -0.4 is 0 Å². The summed E-state index contributed by atoms with van der Waals surface area (Å²) in [5.41, 5.74) is 0. The van der Waals surface area contributed by atoms with Gasteiger partial charge in [-0.05, 0) is 38.9 Å².